The van der Waals surface area contributed by atoms with Gasteiger partial charge in [-0.2, -0.15) is 0 Å². The van der Waals surface area contributed by atoms with Gasteiger partial charge in [0, 0.05) is 7.05 Å². The first kappa shape index (κ1) is 12.8. The minimum absolute atomic E-state index is 0.180. The Morgan fingerprint density at radius 1 is 1.50 bits per heavy atom. The molecule has 1 atom stereocenters. The second-order valence-corrected chi connectivity index (χ2v) is 5.15. The molecule has 1 aliphatic rings. The molecule has 0 bridgehead atoms. The summed E-state index contributed by atoms with van der Waals surface area (Å²) in [5, 5.41) is 20.9. The SMILES string of the molecule is Cn1cc(C(=O)NC[C@]2(O)CCc3ccccc32)nn1. The number of benzene rings is 1. The highest BCUT2D eigenvalue weighted by atomic mass is 16.3. The molecule has 1 heterocycles. The van der Waals surface area contributed by atoms with Gasteiger partial charge in [-0.15, -0.1) is 5.10 Å². The highest BCUT2D eigenvalue weighted by molar-refractivity contribution is 5.91. The minimum atomic E-state index is -0.992. The Morgan fingerprint density at radius 2 is 2.30 bits per heavy atom. The summed E-state index contributed by atoms with van der Waals surface area (Å²) in [6.07, 6.45) is 2.99. The van der Waals surface area contributed by atoms with Crippen LogP contribution in [0.1, 0.15) is 28.0 Å². The van der Waals surface area contributed by atoms with Crippen LogP contribution < -0.4 is 5.32 Å². The molecule has 1 amide bonds. The lowest BCUT2D eigenvalue weighted by atomic mass is 9.96. The fraction of sp³-hybridized carbons (Fsp3) is 0.357. The van der Waals surface area contributed by atoms with E-state index in [1.807, 2.05) is 24.3 Å². The fourth-order valence-electron chi connectivity index (χ4n) is 2.62. The molecule has 0 fully saturated rings. The molecule has 1 aromatic carbocycles. The van der Waals surface area contributed by atoms with Crippen molar-refractivity contribution in [2.45, 2.75) is 18.4 Å². The van der Waals surface area contributed by atoms with Crippen molar-refractivity contribution in [3.05, 3.63) is 47.3 Å². The van der Waals surface area contributed by atoms with Crippen molar-refractivity contribution in [1.82, 2.24) is 20.3 Å². The summed E-state index contributed by atoms with van der Waals surface area (Å²) in [5.74, 6) is -0.323. The first-order valence-electron chi connectivity index (χ1n) is 6.54. The van der Waals surface area contributed by atoms with Crippen LogP contribution in [0.3, 0.4) is 0 Å². The molecule has 6 heteroatoms. The molecule has 1 aliphatic carbocycles. The van der Waals surface area contributed by atoms with Crippen molar-refractivity contribution in [3.8, 4) is 0 Å². The number of rotatable bonds is 3. The number of nitrogens with one attached hydrogen (secondary N) is 1. The summed E-state index contributed by atoms with van der Waals surface area (Å²) >= 11 is 0. The van der Waals surface area contributed by atoms with Gasteiger partial charge in [0.25, 0.3) is 5.91 Å². The maximum absolute atomic E-state index is 11.9. The molecule has 6 nitrogen and oxygen atoms in total. The molecule has 0 saturated heterocycles. The number of aromatic nitrogens is 3. The second kappa shape index (κ2) is 4.72. The Hall–Kier alpha value is -2.21. The van der Waals surface area contributed by atoms with E-state index >= 15 is 0 Å². The smallest absolute Gasteiger partial charge is 0.273 e. The Kier molecular flexibility index (Phi) is 3.02. The van der Waals surface area contributed by atoms with Crippen LogP contribution in [-0.2, 0) is 19.1 Å². The highest BCUT2D eigenvalue weighted by Gasteiger charge is 2.36. The third-order valence-electron chi connectivity index (χ3n) is 3.70. The van der Waals surface area contributed by atoms with E-state index in [4.69, 9.17) is 0 Å². The summed E-state index contributed by atoms with van der Waals surface area (Å²) in [4.78, 5) is 11.9. The van der Waals surface area contributed by atoms with Gasteiger partial charge in [-0.05, 0) is 24.0 Å². The summed E-state index contributed by atoms with van der Waals surface area (Å²) in [6.45, 7) is 0.180. The minimum Gasteiger partial charge on any atom is -0.383 e. The number of hydrogen-bond donors (Lipinski definition) is 2. The third-order valence-corrected chi connectivity index (χ3v) is 3.70. The Balaban J connectivity index is 1.71. The van der Waals surface area contributed by atoms with E-state index in [9.17, 15) is 9.90 Å². The Morgan fingerprint density at radius 3 is 3.05 bits per heavy atom. The van der Waals surface area contributed by atoms with Crippen LogP contribution in [0.4, 0.5) is 0 Å². The van der Waals surface area contributed by atoms with Crippen LogP contribution in [0.5, 0.6) is 0 Å². The number of fused-ring (bicyclic) bond motifs is 1. The van der Waals surface area contributed by atoms with Crippen molar-refractivity contribution < 1.29 is 9.90 Å². The number of hydrogen-bond acceptors (Lipinski definition) is 4. The topological polar surface area (TPSA) is 80.0 Å². The van der Waals surface area contributed by atoms with Crippen LogP contribution in [0.25, 0.3) is 0 Å². The molecule has 3 rings (SSSR count). The lowest BCUT2D eigenvalue weighted by Crippen LogP contribution is -2.39. The largest absolute Gasteiger partial charge is 0.383 e. The maximum atomic E-state index is 11.9. The van der Waals surface area contributed by atoms with E-state index in [1.54, 1.807) is 13.2 Å². The van der Waals surface area contributed by atoms with Gasteiger partial charge in [0.1, 0.15) is 5.60 Å². The monoisotopic (exact) mass is 272 g/mol. The molecular weight excluding hydrogens is 256 g/mol. The third kappa shape index (κ3) is 2.18. The predicted octanol–water partition coefficient (Wildman–Crippen LogP) is 0.379. The van der Waals surface area contributed by atoms with E-state index in [1.165, 1.54) is 4.68 Å². The van der Waals surface area contributed by atoms with Crippen LogP contribution in [0.2, 0.25) is 0 Å². The molecule has 1 aromatic heterocycles. The maximum Gasteiger partial charge on any atom is 0.273 e. The quantitative estimate of drug-likeness (QED) is 0.846. The van der Waals surface area contributed by atoms with Crippen LogP contribution >= 0.6 is 0 Å². The number of aliphatic hydroxyl groups is 1. The summed E-state index contributed by atoms with van der Waals surface area (Å²) in [7, 11) is 1.70. The zero-order chi connectivity index (χ0) is 14.2. The number of carbonyl (C=O) groups is 1. The number of aryl methyl sites for hydroxylation is 2. The molecule has 0 unspecified atom stereocenters. The van der Waals surface area contributed by atoms with Gasteiger partial charge in [0.05, 0.1) is 12.7 Å². The van der Waals surface area contributed by atoms with Crippen molar-refractivity contribution in [2.24, 2.45) is 7.05 Å². The molecule has 2 N–H and O–H groups in total. The molecule has 0 saturated carbocycles. The molecule has 104 valence electrons. The van der Waals surface area contributed by atoms with Crippen molar-refractivity contribution in [2.75, 3.05) is 6.54 Å². The van der Waals surface area contributed by atoms with Gasteiger partial charge in [-0.25, -0.2) is 0 Å². The van der Waals surface area contributed by atoms with E-state index < -0.39 is 5.60 Å². The van der Waals surface area contributed by atoms with E-state index in [2.05, 4.69) is 15.6 Å². The zero-order valence-corrected chi connectivity index (χ0v) is 11.2. The Bertz CT molecular complexity index is 652. The molecule has 0 spiro atoms. The Labute approximate surface area is 116 Å². The van der Waals surface area contributed by atoms with Crippen LogP contribution in [0.15, 0.2) is 30.5 Å². The van der Waals surface area contributed by atoms with Gasteiger partial charge in [-0.1, -0.05) is 29.5 Å². The average molecular weight is 272 g/mol. The summed E-state index contributed by atoms with van der Waals surface area (Å²) in [5.41, 5.74) is 1.31. The lowest BCUT2D eigenvalue weighted by Gasteiger charge is -2.24. The summed E-state index contributed by atoms with van der Waals surface area (Å²) < 4.78 is 1.47. The standard InChI is InChI=1S/C14H16N4O2/c1-18-8-12(16-17-18)13(19)15-9-14(20)7-6-10-4-2-3-5-11(10)14/h2-5,8,20H,6-7,9H2,1H3,(H,15,19)/t14-/m1/s1. The van der Waals surface area contributed by atoms with E-state index in [0.717, 1.165) is 17.5 Å². The molecule has 0 aliphatic heterocycles. The first-order chi connectivity index (χ1) is 9.58. The molecule has 20 heavy (non-hydrogen) atoms. The molecular formula is C14H16N4O2. The van der Waals surface area contributed by atoms with Crippen molar-refractivity contribution in [3.63, 3.8) is 0 Å². The van der Waals surface area contributed by atoms with Crippen molar-refractivity contribution >= 4 is 5.91 Å². The van der Waals surface area contributed by atoms with Gasteiger partial charge in [0.2, 0.25) is 0 Å². The predicted molar refractivity (Wildman–Crippen MR) is 72.0 cm³/mol. The van der Waals surface area contributed by atoms with Crippen LogP contribution in [0, 0.1) is 0 Å². The van der Waals surface area contributed by atoms with Crippen molar-refractivity contribution in [1.29, 1.82) is 0 Å². The van der Waals surface area contributed by atoms with E-state index in [0.29, 0.717) is 6.42 Å². The number of carbonyl (C=O) groups excluding carboxylic acids is 1. The van der Waals surface area contributed by atoms with Gasteiger partial charge < -0.3 is 10.4 Å². The zero-order valence-electron chi connectivity index (χ0n) is 11.2. The average Bonchev–Trinajstić information content (AvgIpc) is 3.02. The molecule has 2 aromatic rings. The van der Waals surface area contributed by atoms with Crippen LogP contribution in [-0.4, -0.2) is 32.6 Å². The van der Waals surface area contributed by atoms with Gasteiger partial charge in [0.15, 0.2) is 5.69 Å². The van der Waals surface area contributed by atoms with Gasteiger partial charge >= 0.3 is 0 Å². The first-order valence-corrected chi connectivity index (χ1v) is 6.54. The normalized spacial score (nSPS) is 20.7. The number of amides is 1. The van der Waals surface area contributed by atoms with Gasteiger partial charge in [-0.3, -0.25) is 9.48 Å². The lowest BCUT2D eigenvalue weighted by molar-refractivity contribution is 0.0368. The van der Waals surface area contributed by atoms with E-state index in [-0.39, 0.29) is 18.1 Å². The summed E-state index contributed by atoms with van der Waals surface area (Å²) in [6, 6.07) is 7.79. The molecule has 0 radical (unpaired) electrons. The number of nitrogens with zero attached hydrogens (tertiary/aromatic N) is 3. The highest BCUT2D eigenvalue weighted by Crippen LogP contribution is 2.36. The second-order valence-electron chi connectivity index (χ2n) is 5.15. The fourth-order valence-corrected chi connectivity index (χ4v) is 2.62.